The standard InChI is InChI=1S/C24H22N2O5/c1-30-22-12-9-18(14-23(22)31-16-17-6-3-2-4-7-17)20-11-10-19(15-21(20)26(28)29)25-13-5-8-24(25)27/h2-4,6-7,9-12,14-15H,5,8,13,16H2,1H3. The number of nitro benzene ring substituents is 1. The summed E-state index contributed by atoms with van der Waals surface area (Å²) in [6, 6.07) is 19.8. The van der Waals surface area contributed by atoms with Crippen LogP contribution >= 0.6 is 0 Å². The number of carbonyl (C=O) groups excluding carboxylic acids is 1. The number of benzene rings is 3. The van der Waals surface area contributed by atoms with E-state index >= 15 is 0 Å². The van der Waals surface area contributed by atoms with Crippen molar-refractivity contribution in [2.45, 2.75) is 19.4 Å². The molecule has 0 N–H and O–H groups in total. The normalized spacial score (nSPS) is 13.3. The number of methoxy groups -OCH3 is 1. The molecular formula is C24H22N2O5. The quantitative estimate of drug-likeness (QED) is 0.399. The second-order valence-corrected chi connectivity index (χ2v) is 7.25. The molecule has 0 bridgehead atoms. The molecule has 7 heteroatoms. The molecular weight excluding hydrogens is 396 g/mol. The van der Waals surface area contributed by atoms with E-state index in [-0.39, 0.29) is 11.6 Å². The number of carbonyl (C=O) groups is 1. The number of rotatable bonds is 7. The SMILES string of the molecule is COc1ccc(-c2ccc(N3CCCC3=O)cc2[N+](=O)[O-])cc1OCc1ccccc1. The fourth-order valence-corrected chi connectivity index (χ4v) is 3.70. The summed E-state index contributed by atoms with van der Waals surface area (Å²) in [5.74, 6) is 1.03. The van der Waals surface area contributed by atoms with Crippen molar-refractivity contribution in [1.29, 1.82) is 0 Å². The number of anilines is 1. The first-order valence-electron chi connectivity index (χ1n) is 10.0. The van der Waals surface area contributed by atoms with Gasteiger partial charge in [-0.25, -0.2) is 0 Å². The largest absolute Gasteiger partial charge is 0.493 e. The van der Waals surface area contributed by atoms with Gasteiger partial charge in [0.25, 0.3) is 5.69 Å². The molecule has 0 atom stereocenters. The van der Waals surface area contributed by atoms with E-state index in [1.54, 1.807) is 42.3 Å². The van der Waals surface area contributed by atoms with Crippen molar-refractivity contribution in [3.8, 4) is 22.6 Å². The van der Waals surface area contributed by atoms with Crippen molar-refractivity contribution < 1.29 is 19.2 Å². The molecule has 1 aliphatic heterocycles. The molecule has 0 aromatic heterocycles. The molecule has 0 spiro atoms. The number of nitro groups is 1. The number of ether oxygens (including phenoxy) is 2. The lowest BCUT2D eigenvalue weighted by Gasteiger charge is -2.17. The van der Waals surface area contributed by atoms with Gasteiger partial charge in [0.15, 0.2) is 11.5 Å². The molecule has 1 heterocycles. The first kappa shape index (κ1) is 20.4. The molecule has 0 saturated carbocycles. The van der Waals surface area contributed by atoms with Crippen LogP contribution in [0.1, 0.15) is 18.4 Å². The van der Waals surface area contributed by atoms with E-state index in [1.165, 1.54) is 6.07 Å². The summed E-state index contributed by atoms with van der Waals surface area (Å²) in [5, 5.41) is 11.8. The lowest BCUT2D eigenvalue weighted by molar-refractivity contribution is -0.384. The minimum atomic E-state index is -0.423. The van der Waals surface area contributed by atoms with E-state index < -0.39 is 4.92 Å². The van der Waals surface area contributed by atoms with E-state index in [9.17, 15) is 14.9 Å². The molecule has 3 aromatic rings. The molecule has 1 aliphatic rings. The molecule has 3 aromatic carbocycles. The monoisotopic (exact) mass is 418 g/mol. The molecule has 7 nitrogen and oxygen atoms in total. The van der Waals surface area contributed by atoms with Crippen LogP contribution < -0.4 is 14.4 Å². The Kier molecular flexibility index (Phi) is 5.84. The first-order valence-corrected chi connectivity index (χ1v) is 10.0. The predicted octanol–water partition coefficient (Wildman–Crippen LogP) is 4.98. The summed E-state index contributed by atoms with van der Waals surface area (Å²) in [5.41, 5.74) is 2.58. The maximum atomic E-state index is 12.0. The highest BCUT2D eigenvalue weighted by Crippen LogP contribution is 2.39. The highest BCUT2D eigenvalue weighted by atomic mass is 16.6. The van der Waals surface area contributed by atoms with Crippen molar-refractivity contribution in [2.24, 2.45) is 0 Å². The fraction of sp³-hybridized carbons (Fsp3) is 0.208. The van der Waals surface area contributed by atoms with Crippen LogP contribution in [0.25, 0.3) is 11.1 Å². The molecule has 31 heavy (non-hydrogen) atoms. The Labute approximate surface area is 180 Å². The third kappa shape index (κ3) is 4.35. The summed E-state index contributed by atoms with van der Waals surface area (Å²) < 4.78 is 11.3. The zero-order valence-electron chi connectivity index (χ0n) is 17.1. The summed E-state index contributed by atoms with van der Waals surface area (Å²) in [6.07, 6.45) is 1.23. The highest BCUT2D eigenvalue weighted by Gasteiger charge is 2.25. The Morgan fingerprint density at radius 3 is 2.52 bits per heavy atom. The molecule has 0 aliphatic carbocycles. The predicted molar refractivity (Wildman–Crippen MR) is 117 cm³/mol. The van der Waals surface area contributed by atoms with Gasteiger partial charge in [-0.2, -0.15) is 0 Å². The van der Waals surface area contributed by atoms with Crippen LogP contribution in [0.2, 0.25) is 0 Å². The van der Waals surface area contributed by atoms with E-state index in [0.717, 1.165) is 12.0 Å². The number of amides is 1. The van der Waals surface area contributed by atoms with Crippen LogP contribution in [0.3, 0.4) is 0 Å². The van der Waals surface area contributed by atoms with Crippen molar-refractivity contribution >= 4 is 17.3 Å². The third-order valence-electron chi connectivity index (χ3n) is 5.27. The van der Waals surface area contributed by atoms with Gasteiger partial charge in [0.05, 0.1) is 23.3 Å². The molecule has 1 saturated heterocycles. The number of hydrogen-bond donors (Lipinski definition) is 0. The average Bonchev–Trinajstić information content (AvgIpc) is 3.23. The highest BCUT2D eigenvalue weighted by molar-refractivity contribution is 5.96. The van der Waals surface area contributed by atoms with E-state index in [4.69, 9.17) is 9.47 Å². The lowest BCUT2D eigenvalue weighted by atomic mass is 10.0. The van der Waals surface area contributed by atoms with Crippen LogP contribution in [-0.2, 0) is 11.4 Å². The second kappa shape index (κ2) is 8.87. The van der Waals surface area contributed by atoms with Gasteiger partial charge in [0.2, 0.25) is 5.91 Å². The van der Waals surface area contributed by atoms with Crippen LogP contribution in [0, 0.1) is 10.1 Å². The van der Waals surface area contributed by atoms with Gasteiger partial charge >= 0.3 is 0 Å². The van der Waals surface area contributed by atoms with Gasteiger partial charge in [-0.15, -0.1) is 0 Å². The summed E-state index contributed by atoms with van der Waals surface area (Å²) in [6.45, 7) is 0.925. The number of nitrogens with zero attached hydrogens (tertiary/aromatic N) is 2. The Bertz CT molecular complexity index is 1110. The maximum absolute atomic E-state index is 12.0. The summed E-state index contributed by atoms with van der Waals surface area (Å²) in [4.78, 5) is 25.0. The van der Waals surface area contributed by atoms with Crippen LogP contribution in [0.5, 0.6) is 11.5 Å². The van der Waals surface area contributed by atoms with E-state index in [2.05, 4.69) is 0 Å². The minimum absolute atomic E-state index is 0.0110. The summed E-state index contributed by atoms with van der Waals surface area (Å²) in [7, 11) is 1.55. The number of hydrogen-bond acceptors (Lipinski definition) is 5. The smallest absolute Gasteiger partial charge is 0.279 e. The topological polar surface area (TPSA) is 81.9 Å². The Morgan fingerprint density at radius 2 is 1.84 bits per heavy atom. The second-order valence-electron chi connectivity index (χ2n) is 7.25. The van der Waals surface area contributed by atoms with Crippen LogP contribution in [-0.4, -0.2) is 24.5 Å². The summed E-state index contributed by atoms with van der Waals surface area (Å²) >= 11 is 0. The van der Waals surface area contributed by atoms with E-state index in [0.29, 0.717) is 47.9 Å². The van der Waals surface area contributed by atoms with Crippen LogP contribution in [0.15, 0.2) is 66.7 Å². The lowest BCUT2D eigenvalue weighted by Crippen LogP contribution is -2.23. The zero-order valence-corrected chi connectivity index (χ0v) is 17.1. The van der Waals surface area contributed by atoms with E-state index in [1.807, 2.05) is 30.3 Å². The molecule has 0 radical (unpaired) electrons. The first-order chi connectivity index (χ1) is 15.1. The third-order valence-corrected chi connectivity index (χ3v) is 5.27. The molecule has 1 fully saturated rings. The minimum Gasteiger partial charge on any atom is -0.493 e. The Morgan fingerprint density at radius 1 is 1.03 bits per heavy atom. The van der Waals surface area contributed by atoms with Gasteiger partial charge in [-0.05, 0) is 41.8 Å². The molecule has 158 valence electrons. The molecule has 0 unspecified atom stereocenters. The van der Waals surface area contributed by atoms with Gasteiger partial charge in [-0.1, -0.05) is 36.4 Å². The van der Waals surface area contributed by atoms with Gasteiger partial charge in [0, 0.05) is 19.0 Å². The van der Waals surface area contributed by atoms with Crippen molar-refractivity contribution in [3.63, 3.8) is 0 Å². The van der Waals surface area contributed by atoms with Gasteiger partial charge in [-0.3, -0.25) is 14.9 Å². The van der Waals surface area contributed by atoms with Crippen molar-refractivity contribution in [3.05, 3.63) is 82.4 Å². The average molecular weight is 418 g/mol. The molecule has 1 amide bonds. The Balaban J connectivity index is 1.68. The fourth-order valence-electron chi connectivity index (χ4n) is 3.70. The van der Waals surface area contributed by atoms with Crippen LogP contribution in [0.4, 0.5) is 11.4 Å². The van der Waals surface area contributed by atoms with Gasteiger partial charge in [0.1, 0.15) is 6.61 Å². The van der Waals surface area contributed by atoms with Crippen molar-refractivity contribution in [1.82, 2.24) is 0 Å². The molecule has 4 rings (SSSR count). The zero-order chi connectivity index (χ0) is 21.8. The van der Waals surface area contributed by atoms with Gasteiger partial charge < -0.3 is 14.4 Å². The van der Waals surface area contributed by atoms with Crippen molar-refractivity contribution in [2.75, 3.05) is 18.6 Å². The Hall–Kier alpha value is -3.87. The maximum Gasteiger partial charge on any atom is 0.279 e.